The lowest BCUT2D eigenvalue weighted by Crippen LogP contribution is -2.52. The van der Waals surface area contributed by atoms with Crippen LogP contribution in [0.15, 0.2) is 67.0 Å². The number of aromatic nitrogens is 2. The summed E-state index contributed by atoms with van der Waals surface area (Å²) in [7, 11) is 0. The van der Waals surface area contributed by atoms with Gasteiger partial charge >= 0.3 is 0 Å². The van der Waals surface area contributed by atoms with E-state index in [-0.39, 0.29) is 17.8 Å². The van der Waals surface area contributed by atoms with Gasteiger partial charge in [0.1, 0.15) is 5.82 Å². The minimum atomic E-state index is -0.639. The molecule has 0 aliphatic carbocycles. The van der Waals surface area contributed by atoms with Crippen molar-refractivity contribution in [3.8, 4) is 0 Å². The van der Waals surface area contributed by atoms with Crippen molar-refractivity contribution in [2.24, 2.45) is 0 Å². The van der Waals surface area contributed by atoms with Gasteiger partial charge in [-0.2, -0.15) is 5.10 Å². The number of rotatable bonds is 8. The highest BCUT2D eigenvalue weighted by Gasteiger charge is 2.32. The smallest absolute Gasteiger partial charge is 0.237 e. The van der Waals surface area contributed by atoms with E-state index in [0.717, 1.165) is 5.56 Å². The van der Waals surface area contributed by atoms with Gasteiger partial charge in [0.25, 0.3) is 0 Å². The van der Waals surface area contributed by atoms with E-state index in [1.165, 1.54) is 23.3 Å². The zero-order valence-electron chi connectivity index (χ0n) is 17.3. The second kappa shape index (κ2) is 9.85. The fourth-order valence-corrected chi connectivity index (χ4v) is 4.08. The Morgan fingerprint density at radius 2 is 1.90 bits per heavy atom. The Kier molecular flexibility index (Phi) is 6.74. The Labute approximate surface area is 181 Å². The monoisotopic (exact) mass is 422 g/mol. The summed E-state index contributed by atoms with van der Waals surface area (Å²) in [4.78, 5) is 15.1. The SMILES string of the molecule is O=C(NCCc1ccc(F)cc1)C1Cc2ccccc2CN1CC(O)Cn1cccn1. The third-order valence-electron chi connectivity index (χ3n) is 5.68. The number of nitrogens with one attached hydrogen (secondary N) is 1. The van der Waals surface area contributed by atoms with Gasteiger partial charge in [0, 0.05) is 32.0 Å². The van der Waals surface area contributed by atoms with Crippen molar-refractivity contribution < 1.29 is 14.3 Å². The summed E-state index contributed by atoms with van der Waals surface area (Å²) in [6, 6.07) is 15.9. The van der Waals surface area contributed by atoms with Crippen LogP contribution in [0.4, 0.5) is 4.39 Å². The fourth-order valence-electron chi connectivity index (χ4n) is 4.08. The normalized spacial score (nSPS) is 17.2. The van der Waals surface area contributed by atoms with E-state index < -0.39 is 6.10 Å². The number of halogens is 1. The number of hydrogen-bond acceptors (Lipinski definition) is 4. The second-order valence-electron chi connectivity index (χ2n) is 7.97. The summed E-state index contributed by atoms with van der Waals surface area (Å²) in [6.45, 7) is 1.85. The Morgan fingerprint density at radius 1 is 1.13 bits per heavy atom. The molecule has 31 heavy (non-hydrogen) atoms. The molecule has 1 aromatic heterocycles. The van der Waals surface area contributed by atoms with Crippen molar-refractivity contribution in [2.75, 3.05) is 13.1 Å². The number of amides is 1. The topological polar surface area (TPSA) is 70.4 Å². The summed E-state index contributed by atoms with van der Waals surface area (Å²) in [5.41, 5.74) is 3.32. The van der Waals surface area contributed by atoms with Crippen LogP contribution >= 0.6 is 0 Å². The number of benzene rings is 2. The van der Waals surface area contributed by atoms with Crippen LogP contribution in [0.1, 0.15) is 16.7 Å². The first-order valence-electron chi connectivity index (χ1n) is 10.6. The summed E-state index contributed by atoms with van der Waals surface area (Å²) >= 11 is 0. The number of aliphatic hydroxyl groups is 1. The summed E-state index contributed by atoms with van der Waals surface area (Å²) in [6.07, 6.45) is 4.10. The molecule has 0 saturated carbocycles. The average Bonchev–Trinajstić information content (AvgIpc) is 3.27. The van der Waals surface area contributed by atoms with Crippen LogP contribution in [0.3, 0.4) is 0 Å². The van der Waals surface area contributed by atoms with Crippen LogP contribution in [0.5, 0.6) is 0 Å². The zero-order chi connectivity index (χ0) is 21.6. The molecule has 0 spiro atoms. The van der Waals surface area contributed by atoms with Crippen LogP contribution in [-0.4, -0.2) is 50.9 Å². The number of aliphatic hydroxyl groups excluding tert-OH is 1. The highest BCUT2D eigenvalue weighted by Crippen LogP contribution is 2.24. The van der Waals surface area contributed by atoms with Gasteiger partial charge in [0.15, 0.2) is 0 Å². The standard InChI is InChI=1S/C24H27FN4O2/c25-21-8-6-18(7-9-21)10-12-26-24(31)23-14-19-4-1-2-5-20(19)15-28(23)16-22(30)17-29-13-3-11-27-29/h1-9,11,13,22-23,30H,10,12,14-17H2,(H,26,31). The number of carbonyl (C=O) groups is 1. The lowest BCUT2D eigenvalue weighted by Gasteiger charge is -2.37. The molecular formula is C24H27FN4O2. The molecular weight excluding hydrogens is 395 g/mol. The van der Waals surface area contributed by atoms with E-state index in [4.69, 9.17) is 0 Å². The van der Waals surface area contributed by atoms with Crippen molar-refractivity contribution in [3.05, 3.63) is 89.5 Å². The number of hydrogen-bond donors (Lipinski definition) is 2. The van der Waals surface area contributed by atoms with E-state index in [0.29, 0.717) is 39.0 Å². The molecule has 162 valence electrons. The quantitative estimate of drug-likeness (QED) is 0.584. The molecule has 0 saturated heterocycles. The Bertz CT molecular complexity index is 991. The third kappa shape index (κ3) is 5.57. The number of nitrogens with zero attached hydrogens (tertiary/aromatic N) is 3. The van der Waals surface area contributed by atoms with Gasteiger partial charge in [0.2, 0.25) is 5.91 Å². The molecule has 1 aliphatic rings. The van der Waals surface area contributed by atoms with Gasteiger partial charge in [-0.15, -0.1) is 0 Å². The molecule has 1 amide bonds. The first-order valence-corrected chi connectivity index (χ1v) is 10.6. The zero-order valence-corrected chi connectivity index (χ0v) is 17.3. The Morgan fingerprint density at radius 3 is 2.65 bits per heavy atom. The molecule has 0 bridgehead atoms. The van der Waals surface area contributed by atoms with Crippen LogP contribution in [-0.2, 0) is 30.7 Å². The Hall–Kier alpha value is -3.03. The molecule has 2 unspecified atom stereocenters. The fraction of sp³-hybridized carbons (Fsp3) is 0.333. The van der Waals surface area contributed by atoms with Crippen molar-refractivity contribution >= 4 is 5.91 Å². The van der Waals surface area contributed by atoms with Crippen LogP contribution in [0.25, 0.3) is 0 Å². The van der Waals surface area contributed by atoms with Crippen molar-refractivity contribution in [2.45, 2.75) is 38.1 Å². The Balaban J connectivity index is 1.40. The predicted molar refractivity (Wildman–Crippen MR) is 116 cm³/mol. The predicted octanol–water partition coefficient (Wildman–Crippen LogP) is 2.17. The van der Waals surface area contributed by atoms with Crippen molar-refractivity contribution in [3.63, 3.8) is 0 Å². The molecule has 2 heterocycles. The number of β-amino-alcohol motifs (C(OH)–C–C–N with tert-alkyl or cyclic N) is 1. The maximum Gasteiger partial charge on any atom is 0.237 e. The third-order valence-corrected chi connectivity index (χ3v) is 5.68. The van der Waals surface area contributed by atoms with Crippen molar-refractivity contribution in [1.29, 1.82) is 0 Å². The molecule has 7 heteroatoms. The lowest BCUT2D eigenvalue weighted by molar-refractivity contribution is -0.127. The minimum Gasteiger partial charge on any atom is -0.390 e. The van der Waals surface area contributed by atoms with E-state index >= 15 is 0 Å². The minimum absolute atomic E-state index is 0.0529. The van der Waals surface area contributed by atoms with Gasteiger partial charge in [-0.05, 0) is 47.7 Å². The van der Waals surface area contributed by atoms with Gasteiger partial charge in [-0.1, -0.05) is 36.4 Å². The molecule has 4 rings (SSSR count). The second-order valence-corrected chi connectivity index (χ2v) is 7.97. The lowest BCUT2D eigenvalue weighted by atomic mass is 9.93. The van der Waals surface area contributed by atoms with E-state index in [1.54, 1.807) is 23.0 Å². The summed E-state index contributed by atoms with van der Waals surface area (Å²) in [5, 5.41) is 17.8. The first-order chi connectivity index (χ1) is 15.1. The van der Waals surface area contributed by atoms with E-state index in [2.05, 4.69) is 22.5 Å². The molecule has 2 atom stereocenters. The highest BCUT2D eigenvalue weighted by molar-refractivity contribution is 5.82. The maximum absolute atomic E-state index is 13.1. The van der Waals surface area contributed by atoms with E-state index in [1.807, 2.05) is 29.3 Å². The molecule has 6 nitrogen and oxygen atoms in total. The number of carbonyl (C=O) groups excluding carboxylic acids is 1. The number of fused-ring (bicyclic) bond motifs is 1. The summed E-state index contributed by atoms with van der Waals surface area (Å²) < 4.78 is 14.8. The first kappa shape index (κ1) is 21.2. The summed E-state index contributed by atoms with van der Waals surface area (Å²) in [5.74, 6) is -0.319. The van der Waals surface area contributed by atoms with Gasteiger partial charge in [-0.3, -0.25) is 14.4 Å². The molecule has 3 aromatic rings. The van der Waals surface area contributed by atoms with Gasteiger partial charge in [-0.25, -0.2) is 4.39 Å². The molecule has 0 radical (unpaired) electrons. The largest absolute Gasteiger partial charge is 0.390 e. The van der Waals surface area contributed by atoms with Crippen LogP contribution in [0.2, 0.25) is 0 Å². The van der Waals surface area contributed by atoms with Crippen LogP contribution in [0, 0.1) is 5.82 Å². The highest BCUT2D eigenvalue weighted by atomic mass is 19.1. The average molecular weight is 423 g/mol. The molecule has 0 fully saturated rings. The molecule has 2 aromatic carbocycles. The maximum atomic E-state index is 13.1. The van der Waals surface area contributed by atoms with Gasteiger partial charge < -0.3 is 10.4 Å². The van der Waals surface area contributed by atoms with Gasteiger partial charge in [0.05, 0.1) is 18.7 Å². The van der Waals surface area contributed by atoms with E-state index in [9.17, 15) is 14.3 Å². The van der Waals surface area contributed by atoms with Crippen molar-refractivity contribution in [1.82, 2.24) is 20.0 Å². The molecule has 2 N–H and O–H groups in total. The van der Waals surface area contributed by atoms with Crippen LogP contribution < -0.4 is 5.32 Å². The molecule has 1 aliphatic heterocycles.